The van der Waals surface area contributed by atoms with E-state index in [1.165, 1.54) is 0 Å². The molecule has 0 atom stereocenters. The summed E-state index contributed by atoms with van der Waals surface area (Å²) in [7, 11) is -3.60. The number of amides is 1. The van der Waals surface area contributed by atoms with Gasteiger partial charge in [-0.1, -0.05) is 61.9 Å². The van der Waals surface area contributed by atoms with Gasteiger partial charge in [0.2, 0.25) is 5.91 Å². The van der Waals surface area contributed by atoms with Crippen molar-refractivity contribution in [1.29, 1.82) is 0 Å². The molecule has 216 valence electrons. The normalized spacial score (nSPS) is 11.6. The summed E-state index contributed by atoms with van der Waals surface area (Å²) < 4.78 is 34.4. The molecule has 3 N–H and O–H groups in total. The lowest BCUT2D eigenvalue weighted by Gasteiger charge is -2.14. The van der Waals surface area contributed by atoms with E-state index in [0.29, 0.717) is 34.1 Å². The van der Waals surface area contributed by atoms with Crippen LogP contribution in [-0.2, 0) is 33.4 Å². The zero-order chi connectivity index (χ0) is 29.9. The fourth-order valence-electron chi connectivity index (χ4n) is 5.37. The first-order chi connectivity index (χ1) is 20.2. The van der Waals surface area contributed by atoms with Crippen molar-refractivity contribution >= 4 is 43.5 Å². The van der Waals surface area contributed by atoms with Crippen molar-refractivity contribution in [2.75, 3.05) is 6.61 Å². The number of sulfone groups is 1. The molecule has 1 heterocycles. The topological polar surface area (TPSA) is 129 Å². The van der Waals surface area contributed by atoms with Crippen molar-refractivity contribution in [2.45, 2.75) is 43.4 Å². The van der Waals surface area contributed by atoms with Gasteiger partial charge in [-0.3, -0.25) is 4.79 Å². The number of rotatable bonds is 12. The second-order valence-electron chi connectivity index (χ2n) is 10.3. The van der Waals surface area contributed by atoms with Crippen LogP contribution in [0.25, 0.3) is 21.8 Å². The summed E-state index contributed by atoms with van der Waals surface area (Å²) in [5.41, 5.74) is 9.96. The van der Waals surface area contributed by atoms with E-state index in [0.717, 1.165) is 35.9 Å². The van der Waals surface area contributed by atoms with Crippen LogP contribution in [0.5, 0.6) is 5.75 Å². The van der Waals surface area contributed by atoms with Crippen LogP contribution in [0.4, 0.5) is 0 Å². The van der Waals surface area contributed by atoms with Crippen LogP contribution < -0.4 is 10.5 Å². The number of primary amides is 1. The molecule has 0 unspecified atom stereocenters. The molecule has 0 saturated carbocycles. The third-order valence-electron chi connectivity index (χ3n) is 7.35. The lowest BCUT2D eigenvalue weighted by molar-refractivity contribution is -0.139. The van der Waals surface area contributed by atoms with Gasteiger partial charge < -0.3 is 20.1 Å². The molecule has 0 aliphatic heterocycles. The van der Waals surface area contributed by atoms with E-state index in [1.54, 1.807) is 42.5 Å². The predicted molar refractivity (Wildman–Crippen MR) is 163 cm³/mol. The summed E-state index contributed by atoms with van der Waals surface area (Å²) in [6.07, 6.45) is 2.66. The summed E-state index contributed by atoms with van der Waals surface area (Å²) >= 11 is 0. The highest BCUT2D eigenvalue weighted by Crippen LogP contribution is 2.40. The van der Waals surface area contributed by atoms with Crippen molar-refractivity contribution in [1.82, 2.24) is 4.57 Å². The first-order valence-corrected chi connectivity index (χ1v) is 15.4. The fourth-order valence-corrected chi connectivity index (χ4v) is 6.80. The van der Waals surface area contributed by atoms with E-state index < -0.39 is 28.3 Å². The Morgan fingerprint density at radius 3 is 2.29 bits per heavy atom. The van der Waals surface area contributed by atoms with E-state index in [-0.39, 0.29) is 16.2 Å². The molecular weight excluding hydrogens is 552 g/mol. The molecule has 0 aliphatic carbocycles. The molecule has 1 amide bonds. The Morgan fingerprint density at radius 2 is 1.60 bits per heavy atom. The zero-order valence-corrected chi connectivity index (χ0v) is 24.1. The van der Waals surface area contributed by atoms with Crippen LogP contribution in [-0.4, -0.2) is 36.6 Å². The van der Waals surface area contributed by atoms with Gasteiger partial charge in [0, 0.05) is 17.5 Å². The summed E-state index contributed by atoms with van der Waals surface area (Å²) in [6, 6.07) is 24.9. The number of nitrogens with zero attached hydrogens (tertiary/aromatic N) is 1. The van der Waals surface area contributed by atoms with Gasteiger partial charge in [-0.2, -0.15) is 0 Å². The molecular formula is C33H32N2O6S. The second-order valence-corrected chi connectivity index (χ2v) is 12.3. The molecule has 4 aromatic carbocycles. The highest BCUT2D eigenvalue weighted by Gasteiger charge is 2.23. The number of fused-ring (bicyclic) bond motifs is 3. The van der Waals surface area contributed by atoms with E-state index in [9.17, 15) is 23.1 Å². The molecule has 5 rings (SSSR count). The highest BCUT2D eigenvalue weighted by molar-refractivity contribution is 7.90. The number of hydrogen-bond donors (Lipinski definition) is 2. The van der Waals surface area contributed by atoms with Crippen LogP contribution in [0.3, 0.4) is 0 Å². The van der Waals surface area contributed by atoms with Crippen molar-refractivity contribution in [3.05, 3.63) is 107 Å². The second kappa shape index (κ2) is 12.1. The smallest absolute Gasteiger partial charge is 0.341 e. The van der Waals surface area contributed by atoms with Gasteiger partial charge in [-0.25, -0.2) is 13.2 Å². The number of aliphatic carboxylic acids is 1. The zero-order valence-electron chi connectivity index (χ0n) is 23.2. The number of hydrogen-bond acceptors (Lipinski definition) is 5. The lowest BCUT2D eigenvalue weighted by atomic mass is 10.0. The Labute approximate surface area is 244 Å². The van der Waals surface area contributed by atoms with Gasteiger partial charge in [0.15, 0.2) is 16.4 Å². The van der Waals surface area contributed by atoms with E-state index in [2.05, 4.69) is 6.92 Å². The highest BCUT2D eigenvalue weighted by atomic mass is 32.2. The summed E-state index contributed by atoms with van der Waals surface area (Å²) in [5.74, 6) is -1.55. The van der Waals surface area contributed by atoms with Gasteiger partial charge in [0.05, 0.1) is 27.1 Å². The summed E-state index contributed by atoms with van der Waals surface area (Å²) in [4.78, 5) is 24.3. The summed E-state index contributed by atoms with van der Waals surface area (Å²) in [6.45, 7) is 1.85. The third-order valence-corrected chi connectivity index (χ3v) is 9.03. The number of aryl methyl sites for hydroxylation is 1. The fraction of sp³-hybridized carbons (Fsp3) is 0.212. The van der Waals surface area contributed by atoms with Crippen LogP contribution in [0.15, 0.2) is 89.8 Å². The largest absolute Gasteiger partial charge is 0.481 e. The molecule has 8 nitrogen and oxygen atoms in total. The molecule has 0 spiro atoms. The maximum Gasteiger partial charge on any atom is 0.341 e. The Hall–Kier alpha value is -4.63. The number of carbonyl (C=O) groups excluding carboxylic acids is 1. The van der Waals surface area contributed by atoms with Crippen LogP contribution in [0.1, 0.15) is 46.8 Å². The van der Waals surface area contributed by atoms with Crippen LogP contribution in [0, 0.1) is 0 Å². The molecule has 9 heteroatoms. The predicted octanol–water partition coefficient (Wildman–Crippen LogP) is 5.72. The summed E-state index contributed by atoms with van der Waals surface area (Å²) in [5, 5.41) is 10.5. The maximum absolute atomic E-state index is 13.3. The molecule has 42 heavy (non-hydrogen) atoms. The van der Waals surface area contributed by atoms with E-state index in [4.69, 9.17) is 10.5 Å². The Morgan fingerprint density at radius 1 is 0.881 bits per heavy atom. The van der Waals surface area contributed by atoms with Gasteiger partial charge >= 0.3 is 5.97 Å². The SMILES string of the molecule is CCCCc1cc(OCC(=O)O)c2c3c(C(N)=O)cccc3n(Cc3ccccc3CS(=O)(=O)c3ccccc3)c2c1. The van der Waals surface area contributed by atoms with Crippen molar-refractivity contribution in [2.24, 2.45) is 5.73 Å². The van der Waals surface area contributed by atoms with Gasteiger partial charge in [-0.05, 0) is 65.9 Å². The van der Waals surface area contributed by atoms with Crippen LogP contribution >= 0.6 is 0 Å². The number of nitrogens with two attached hydrogens (primary N) is 1. The standard InChI is InChI=1S/C33H32N2O6S/c1-2-3-10-22-17-28-32(29(18-22)41-20-30(36)37)31-26(33(34)38)15-9-16-27(31)35(28)19-23-11-7-8-12-24(23)21-42(39,40)25-13-5-4-6-14-25/h4-9,11-18H,2-3,10,19-21H2,1H3,(H2,34,38)(H,36,37). The van der Waals surface area contributed by atoms with E-state index >= 15 is 0 Å². The molecule has 0 saturated heterocycles. The van der Waals surface area contributed by atoms with Crippen molar-refractivity contribution in [3.63, 3.8) is 0 Å². The first-order valence-electron chi connectivity index (χ1n) is 13.8. The molecule has 0 aliphatic rings. The molecule has 0 fully saturated rings. The minimum atomic E-state index is -3.60. The number of ether oxygens (including phenoxy) is 1. The maximum atomic E-state index is 13.3. The molecule has 1 aromatic heterocycles. The van der Waals surface area contributed by atoms with Gasteiger partial charge in [0.25, 0.3) is 0 Å². The number of carboxylic acid groups (broad SMARTS) is 1. The van der Waals surface area contributed by atoms with Gasteiger partial charge in [0.1, 0.15) is 5.75 Å². The minimum Gasteiger partial charge on any atom is -0.481 e. The first kappa shape index (κ1) is 28.9. The number of benzene rings is 4. The Kier molecular flexibility index (Phi) is 8.31. The molecule has 0 bridgehead atoms. The van der Waals surface area contributed by atoms with E-state index in [1.807, 2.05) is 47.0 Å². The van der Waals surface area contributed by atoms with Crippen molar-refractivity contribution < 1.29 is 27.9 Å². The molecule has 0 radical (unpaired) electrons. The monoisotopic (exact) mass is 584 g/mol. The average Bonchev–Trinajstić information content (AvgIpc) is 3.29. The number of carboxylic acids is 1. The Bertz CT molecular complexity index is 1890. The minimum absolute atomic E-state index is 0.175. The molecule has 5 aromatic rings. The third kappa shape index (κ3) is 5.87. The number of carbonyl (C=O) groups is 2. The van der Waals surface area contributed by atoms with Gasteiger partial charge in [-0.15, -0.1) is 0 Å². The number of unbranched alkanes of at least 4 members (excludes halogenated alkanes) is 1. The average molecular weight is 585 g/mol. The number of aromatic nitrogens is 1. The quantitative estimate of drug-likeness (QED) is 0.193. The van der Waals surface area contributed by atoms with Crippen molar-refractivity contribution in [3.8, 4) is 5.75 Å². The van der Waals surface area contributed by atoms with Crippen LogP contribution in [0.2, 0.25) is 0 Å². The Balaban J connectivity index is 1.72. The lowest BCUT2D eigenvalue weighted by Crippen LogP contribution is -2.12.